The van der Waals surface area contributed by atoms with Crippen LogP contribution in [0.4, 0.5) is 8.78 Å². The minimum Gasteiger partial charge on any atom is -0.497 e. The Morgan fingerprint density at radius 3 is 2.40 bits per heavy atom. The molecule has 3 aromatic carbocycles. The van der Waals surface area contributed by atoms with Crippen molar-refractivity contribution in [1.82, 2.24) is 20.4 Å². The monoisotopic (exact) mass is 652 g/mol. The Kier molecular flexibility index (Phi) is 12.8. The van der Waals surface area contributed by atoms with Crippen LogP contribution in [0.25, 0.3) is 0 Å². The molecule has 4 rings (SSSR count). The molecule has 1 fully saturated rings. The zero-order valence-corrected chi connectivity index (χ0v) is 27.5. The molecule has 1 heterocycles. The second-order valence-electron chi connectivity index (χ2n) is 12.1. The van der Waals surface area contributed by atoms with Crippen molar-refractivity contribution in [2.75, 3.05) is 33.3 Å². The third-order valence-electron chi connectivity index (χ3n) is 8.27. The zero-order chi connectivity index (χ0) is 34.1. The van der Waals surface area contributed by atoms with E-state index in [0.717, 1.165) is 42.2 Å². The number of nitrogens with one attached hydrogen (secondary N) is 2. The van der Waals surface area contributed by atoms with E-state index in [2.05, 4.69) is 10.6 Å². The molecule has 1 aliphatic heterocycles. The van der Waals surface area contributed by atoms with Gasteiger partial charge in [0.05, 0.1) is 13.2 Å². The van der Waals surface area contributed by atoms with Crippen molar-refractivity contribution in [1.29, 1.82) is 0 Å². The molecule has 0 bridgehead atoms. The smallest absolute Gasteiger partial charge is 0.253 e. The number of carbonyl (C=O) groups excluding carboxylic acids is 2. The van der Waals surface area contributed by atoms with E-state index < -0.39 is 36.0 Å². The zero-order valence-electron chi connectivity index (χ0n) is 27.5. The fraction of sp³-hybridized carbons (Fsp3) is 0.444. The predicted molar refractivity (Wildman–Crippen MR) is 176 cm³/mol. The first-order valence-electron chi connectivity index (χ1n) is 16.2. The summed E-state index contributed by atoms with van der Waals surface area (Å²) in [7, 11) is 1.57. The lowest BCUT2D eigenvalue weighted by atomic mass is 9.93. The number of aryl methyl sites for hydroxylation is 1. The Morgan fingerprint density at radius 1 is 1.04 bits per heavy atom. The highest BCUT2D eigenvalue weighted by Crippen LogP contribution is 2.23. The van der Waals surface area contributed by atoms with Crippen molar-refractivity contribution < 1.29 is 33.3 Å². The summed E-state index contributed by atoms with van der Waals surface area (Å²) >= 11 is 0. The number of amides is 2. The molecule has 47 heavy (non-hydrogen) atoms. The number of piperazine rings is 1. The molecule has 4 N–H and O–H groups in total. The summed E-state index contributed by atoms with van der Waals surface area (Å²) in [6.07, 6.45) is -1.28. The standard InChI is InChI=1S/C36H46F2N4O5/c1-5-11-41(12-6-2)35(45)27-15-23(3)14-26(20-27)34(44)40-31(19-25-16-28(37)21-29(38)17-25)33(43)32-36(46)42(13-10-39-32)22-24-8-7-9-30(18-24)47-4/h7-9,14-18,20-21,31-34,39-40,43-44H,5-6,10-13,19,22H2,1-4H3/t31-,32?,33-,34?/m0/s1. The van der Waals surface area contributed by atoms with E-state index in [4.69, 9.17) is 4.74 Å². The fourth-order valence-electron chi connectivity index (χ4n) is 6.09. The second kappa shape index (κ2) is 16.8. The molecule has 1 saturated heterocycles. The van der Waals surface area contributed by atoms with Crippen molar-refractivity contribution in [3.05, 3.63) is 100 Å². The number of benzene rings is 3. The van der Waals surface area contributed by atoms with Crippen LogP contribution in [0.1, 0.15) is 65.5 Å². The normalized spacial score (nSPS) is 16.9. The van der Waals surface area contributed by atoms with Crippen LogP contribution in [-0.4, -0.2) is 83.3 Å². The highest BCUT2D eigenvalue weighted by molar-refractivity contribution is 5.94. The molecular formula is C36H46F2N4O5. The summed E-state index contributed by atoms with van der Waals surface area (Å²) in [4.78, 5) is 30.5. The van der Waals surface area contributed by atoms with Crippen molar-refractivity contribution in [3.63, 3.8) is 0 Å². The van der Waals surface area contributed by atoms with Crippen LogP contribution < -0.4 is 15.4 Å². The summed E-state index contributed by atoms with van der Waals surface area (Å²) in [6, 6.07) is 13.4. The topological polar surface area (TPSA) is 114 Å². The van der Waals surface area contributed by atoms with Crippen LogP contribution in [0.15, 0.2) is 60.7 Å². The molecule has 0 aliphatic carbocycles. The van der Waals surface area contributed by atoms with E-state index in [0.29, 0.717) is 49.6 Å². The molecular weight excluding hydrogens is 606 g/mol. The van der Waals surface area contributed by atoms with Crippen molar-refractivity contribution >= 4 is 11.8 Å². The maximum Gasteiger partial charge on any atom is 0.253 e. The lowest BCUT2D eigenvalue weighted by Crippen LogP contribution is -2.63. The molecule has 9 nitrogen and oxygen atoms in total. The number of halogens is 2. The van der Waals surface area contributed by atoms with E-state index >= 15 is 0 Å². The summed E-state index contributed by atoms with van der Waals surface area (Å²) in [5.74, 6) is -1.41. The minimum absolute atomic E-state index is 0.105. The van der Waals surface area contributed by atoms with E-state index in [9.17, 15) is 28.6 Å². The van der Waals surface area contributed by atoms with Gasteiger partial charge in [0.2, 0.25) is 5.91 Å². The van der Waals surface area contributed by atoms with Crippen molar-refractivity contribution in [3.8, 4) is 5.75 Å². The van der Waals surface area contributed by atoms with E-state index in [-0.39, 0.29) is 23.8 Å². The average Bonchev–Trinajstić information content (AvgIpc) is 3.04. The highest BCUT2D eigenvalue weighted by Gasteiger charge is 2.38. The van der Waals surface area contributed by atoms with Crippen LogP contribution in [0.5, 0.6) is 5.75 Å². The van der Waals surface area contributed by atoms with E-state index in [1.165, 1.54) is 0 Å². The van der Waals surface area contributed by atoms with Gasteiger partial charge >= 0.3 is 0 Å². The lowest BCUT2D eigenvalue weighted by molar-refractivity contribution is -0.140. The Bertz CT molecular complexity index is 1500. The fourth-order valence-corrected chi connectivity index (χ4v) is 6.09. The molecule has 4 atom stereocenters. The number of nitrogens with zero attached hydrogens (tertiary/aromatic N) is 2. The Hall–Kier alpha value is -3.90. The maximum atomic E-state index is 14.2. The lowest BCUT2D eigenvalue weighted by Gasteiger charge is -2.38. The third kappa shape index (κ3) is 9.57. The van der Waals surface area contributed by atoms with Gasteiger partial charge < -0.3 is 30.1 Å². The van der Waals surface area contributed by atoms with Crippen molar-refractivity contribution in [2.24, 2.45) is 0 Å². The predicted octanol–water partition coefficient (Wildman–Crippen LogP) is 4.10. The molecule has 2 amide bonds. The largest absolute Gasteiger partial charge is 0.497 e. The first kappa shape index (κ1) is 35.9. The number of hydrogen-bond acceptors (Lipinski definition) is 7. The van der Waals surface area contributed by atoms with Crippen LogP contribution in [0.2, 0.25) is 0 Å². The first-order valence-corrected chi connectivity index (χ1v) is 16.2. The summed E-state index contributed by atoms with van der Waals surface area (Å²) in [5, 5.41) is 29.2. The van der Waals surface area contributed by atoms with E-state index in [1.54, 1.807) is 35.1 Å². The van der Waals surface area contributed by atoms with Gasteiger partial charge in [-0.2, -0.15) is 0 Å². The summed E-state index contributed by atoms with van der Waals surface area (Å²) < 4.78 is 33.7. The highest BCUT2D eigenvalue weighted by atomic mass is 19.1. The molecule has 11 heteroatoms. The van der Waals surface area contributed by atoms with Crippen LogP contribution in [0, 0.1) is 18.6 Å². The molecule has 0 spiro atoms. The molecule has 0 saturated carbocycles. The Morgan fingerprint density at radius 2 is 1.74 bits per heavy atom. The number of methoxy groups -OCH3 is 1. The number of hydrogen-bond donors (Lipinski definition) is 4. The van der Waals surface area contributed by atoms with Gasteiger partial charge in [0, 0.05) is 50.4 Å². The summed E-state index contributed by atoms with van der Waals surface area (Å²) in [6.45, 7) is 8.14. The van der Waals surface area contributed by atoms with Gasteiger partial charge in [-0.1, -0.05) is 32.0 Å². The average molecular weight is 653 g/mol. The molecule has 0 aromatic heterocycles. The van der Waals surface area contributed by atoms with Crippen molar-refractivity contribution in [2.45, 2.75) is 71.0 Å². The quantitative estimate of drug-likeness (QED) is 0.183. The Balaban J connectivity index is 1.60. The molecule has 2 unspecified atom stereocenters. The van der Waals surface area contributed by atoms with Gasteiger partial charge in [0.15, 0.2) is 0 Å². The van der Waals surface area contributed by atoms with Gasteiger partial charge in [0.1, 0.15) is 29.7 Å². The number of rotatable bonds is 15. The second-order valence-corrected chi connectivity index (χ2v) is 12.1. The van der Waals surface area contributed by atoms with Crippen LogP contribution >= 0.6 is 0 Å². The molecule has 254 valence electrons. The van der Waals surface area contributed by atoms with E-state index in [1.807, 2.05) is 45.0 Å². The Labute approximate surface area is 275 Å². The van der Waals surface area contributed by atoms with Gasteiger partial charge in [-0.25, -0.2) is 8.78 Å². The van der Waals surface area contributed by atoms with Gasteiger partial charge in [0.25, 0.3) is 5.91 Å². The summed E-state index contributed by atoms with van der Waals surface area (Å²) in [5.41, 5.74) is 2.64. The molecule has 1 aliphatic rings. The van der Waals surface area contributed by atoms with Gasteiger partial charge in [-0.3, -0.25) is 14.9 Å². The molecule has 3 aromatic rings. The SMILES string of the molecule is CCCN(CCC)C(=O)c1cc(C)cc(C(O)N[C@@H](Cc2cc(F)cc(F)c2)[C@H](O)C2NCCN(Cc3cccc(OC)c3)C2=O)c1. The number of aliphatic hydroxyl groups is 2. The molecule has 0 radical (unpaired) electrons. The minimum atomic E-state index is -1.41. The number of aliphatic hydroxyl groups excluding tert-OH is 2. The number of carbonyl (C=O) groups is 2. The number of ether oxygens (including phenoxy) is 1. The maximum absolute atomic E-state index is 14.2. The van der Waals surface area contributed by atoms with Crippen LogP contribution in [-0.2, 0) is 17.8 Å². The van der Waals surface area contributed by atoms with Gasteiger partial charge in [-0.05, 0) is 84.8 Å². The van der Waals surface area contributed by atoms with Crippen LogP contribution in [0.3, 0.4) is 0 Å². The first-order chi connectivity index (χ1) is 22.5. The van der Waals surface area contributed by atoms with Gasteiger partial charge in [-0.15, -0.1) is 0 Å². The third-order valence-corrected chi connectivity index (χ3v) is 8.27.